The van der Waals surface area contributed by atoms with Crippen LogP contribution in [-0.4, -0.2) is 21.8 Å². The average Bonchev–Trinajstić information content (AvgIpc) is 3.11. The van der Waals surface area contributed by atoms with E-state index in [1.807, 2.05) is 30.3 Å². The quantitative estimate of drug-likeness (QED) is 0.510. The number of pyridine rings is 1. The van der Waals surface area contributed by atoms with E-state index in [2.05, 4.69) is 39.7 Å². The van der Waals surface area contributed by atoms with Crippen molar-refractivity contribution in [2.24, 2.45) is 0 Å². The van der Waals surface area contributed by atoms with Gasteiger partial charge >= 0.3 is 0 Å². The highest BCUT2D eigenvalue weighted by Gasteiger charge is 2.10. The Kier molecular flexibility index (Phi) is 5.05. The van der Waals surface area contributed by atoms with Crippen molar-refractivity contribution in [2.45, 2.75) is 13.8 Å². The lowest BCUT2D eigenvalue weighted by Crippen LogP contribution is -2.13. The Morgan fingerprint density at radius 3 is 2.52 bits per heavy atom. The Morgan fingerprint density at radius 2 is 1.76 bits per heavy atom. The molecular weight excluding hydrogens is 384 g/mol. The molecule has 0 saturated heterocycles. The molecule has 2 aromatic heterocycles. The number of nitrogens with one attached hydrogen (secondary N) is 2. The maximum Gasteiger partial charge on any atom is 0.255 e. The summed E-state index contributed by atoms with van der Waals surface area (Å²) in [7, 11) is 0. The molecule has 0 radical (unpaired) electrons. The number of hydrogen-bond donors (Lipinski definition) is 2. The van der Waals surface area contributed by atoms with Crippen molar-refractivity contribution in [1.82, 2.24) is 9.97 Å². The fraction of sp³-hybridized carbons (Fsp3) is 0.0909. The van der Waals surface area contributed by atoms with Crippen LogP contribution in [0.25, 0.3) is 20.8 Å². The molecule has 0 bridgehead atoms. The van der Waals surface area contributed by atoms with E-state index in [1.54, 1.807) is 17.4 Å². The molecule has 0 saturated carbocycles. The SMILES string of the molecule is CC(=O)Nc1cc(C(=O)Nc2ccc(-c3nc4ccc(C)cc4s3)cc2)ccn1. The first-order valence-corrected chi connectivity index (χ1v) is 9.82. The van der Waals surface area contributed by atoms with E-state index in [0.717, 1.165) is 20.8 Å². The van der Waals surface area contributed by atoms with E-state index in [-0.39, 0.29) is 11.8 Å². The van der Waals surface area contributed by atoms with Gasteiger partial charge in [-0.2, -0.15) is 0 Å². The summed E-state index contributed by atoms with van der Waals surface area (Å²) in [5.41, 5.74) is 4.28. The predicted molar refractivity (Wildman–Crippen MR) is 116 cm³/mol. The van der Waals surface area contributed by atoms with E-state index in [4.69, 9.17) is 0 Å². The largest absolute Gasteiger partial charge is 0.322 e. The van der Waals surface area contributed by atoms with Crippen LogP contribution in [-0.2, 0) is 4.79 Å². The molecule has 4 rings (SSSR count). The third-order valence-corrected chi connectivity index (χ3v) is 5.33. The maximum absolute atomic E-state index is 12.5. The number of hydrogen-bond acceptors (Lipinski definition) is 5. The molecule has 2 amide bonds. The number of thiazole rings is 1. The standard InChI is InChI=1S/C22H18N4O2S/c1-13-3-8-18-19(11-13)29-22(26-18)15-4-6-17(7-5-15)25-21(28)16-9-10-23-20(12-16)24-14(2)27/h3-12H,1-2H3,(H,25,28)(H,23,24,27). The van der Waals surface area contributed by atoms with Gasteiger partial charge in [0.2, 0.25) is 5.91 Å². The van der Waals surface area contributed by atoms with Crippen LogP contribution in [0.1, 0.15) is 22.8 Å². The monoisotopic (exact) mass is 402 g/mol. The van der Waals surface area contributed by atoms with E-state index in [1.165, 1.54) is 24.8 Å². The number of fused-ring (bicyclic) bond motifs is 1. The second kappa shape index (κ2) is 7.81. The maximum atomic E-state index is 12.5. The van der Waals surface area contributed by atoms with Crippen molar-refractivity contribution < 1.29 is 9.59 Å². The zero-order valence-corrected chi connectivity index (χ0v) is 16.7. The fourth-order valence-corrected chi connectivity index (χ4v) is 3.94. The van der Waals surface area contributed by atoms with Crippen LogP contribution in [0.15, 0.2) is 60.8 Å². The second-order valence-corrected chi connectivity index (χ2v) is 7.66. The van der Waals surface area contributed by atoms with Crippen LogP contribution in [0, 0.1) is 6.92 Å². The molecule has 144 valence electrons. The molecule has 0 aliphatic heterocycles. The highest BCUT2D eigenvalue weighted by atomic mass is 32.1. The Hall–Kier alpha value is -3.58. The summed E-state index contributed by atoms with van der Waals surface area (Å²) in [5, 5.41) is 6.37. The van der Waals surface area contributed by atoms with Crippen molar-refractivity contribution in [3.05, 3.63) is 71.9 Å². The molecule has 4 aromatic rings. The van der Waals surface area contributed by atoms with E-state index < -0.39 is 0 Å². The smallest absolute Gasteiger partial charge is 0.255 e. The number of carbonyl (C=O) groups is 2. The van der Waals surface area contributed by atoms with Gasteiger partial charge < -0.3 is 10.6 Å². The molecule has 0 spiro atoms. The van der Waals surface area contributed by atoms with Gasteiger partial charge in [-0.3, -0.25) is 9.59 Å². The Balaban J connectivity index is 1.50. The van der Waals surface area contributed by atoms with Crippen LogP contribution in [0.2, 0.25) is 0 Å². The first kappa shape index (κ1) is 18.8. The van der Waals surface area contributed by atoms with Crippen LogP contribution in [0.3, 0.4) is 0 Å². The number of rotatable bonds is 4. The highest BCUT2D eigenvalue weighted by Crippen LogP contribution is 2.31. The van der Waals surface area contributed by atoms with E-state index >= 15 is 0 Å². The van der Waals surface area contributed by atoms with E-state index in [0.29, 0.717) is 17.1 Å². The molecule has 0 aliphatic rings. The van der Waals surface area contributed by atoms with Crippen LogP contribution >= 0.6 is 11.3 Å². The van der Waals surface area contributed by atoms with Gasteiger partial charge in [-0.05, 0) is 61.0 Å². The number of carbonyl (C=O) groups excluding carboxylic acids is 2. The van der Waals surface area contributed by atoms with Crippen LogP contribution in [0.5, 0.6) is 0 Å². The first-order valence-electron chi connectivity index (χ1n) is 9.00. The molecule has 2 N–H and O–H groups in total. The van der Waals surface area contributed by atoms with Gasteiger partial charge in [-0.25, -0.2) is 9.97 Å². The lowest BCUT2D eigenvalue weighted by Gasteiger charge is -2.07. The first-order chi connectivity index (χ1) is 14.0. The lowest BCUT2D eigenvalue weighted by molar-refractivity contribution is -0.114. The molecule has 0 aliphatic carbocycles. The fourth-order valence-electron chi connectivity index (χ4n) is 2.88. The Labute approximate surface area is 171 Å². The number of aromatic nitrogens is 2. The van der Waals surface area contributed by atoms with Crippen molar-refractivity contribution in [1.29, 1.82) is 0 Å². The molecule has 7 heteroatoms. The third kappa shape index (κ3) is 4.30. The number of amides is 2. The number of benzene rings is 2. The van der Waals surface area contributed by atoms with Crippen molar-refractivity contribution in [3.63, 3.8) is 0 Å². The van der Waals surface area contributed by atoms with E-state index in [9.17, 15) is 9.59 Å². The van der Waals surface area contributed by atoms with Gasteiger partial charge in [-0.15, -0.1) is 11.3 Å². The second-order valence-electron chi connectivity index (χ2n) is 6.63. The normalized spacial score (nSPS) is 10.7. The predicted octanol–water partition coefficient (Wildman–Crippen LogP) is 4.88. The summed E-state index contributed by atoms with van der Waals surface area (Å²) >= 11 is 1.65. The zero-order chi connectivity index (χ0) is 20.4. The van der Waals surface area contributed by atoms with Crippen LogP contribution < -0.4 is 10.6 Å². The minimum absolute atomic E-state index is 0.240. The number of anilines is 2. The Bertz CT molecular complexity index is 1220. The molecule has 29 heavy (non-hydrogen) atoms. The lowest BCUT2D eigenvalue weighted by atomic mass is 10.2. The van der Waals surface area contributed by atoms with Gasteiger partial charge in [0.15, 0.2) is 0 Å². The van der Waals surface area contributed by atoms with Crippen molar-refractivity contribution in [2.75, 3.05) is 10.6 Å². The van der Waals surface area contributed by atoms with Crippen molar-refractivity contribution >= 4 is 44.9 Å². The van der Waals surface area contributed by atoms with Gasteiger partial charge in [0.25, 0.3) is 5.91 Å². The topological polar surface area (TPSA) is 84.0 Å². The molecule has 6 nitrogen and oxygen atoms in total. The molecule has 0 unspecified atom stereocenters. The molecule has 0 atom stereocenters. The summed E-state index contributed by atoms with van der Waals surface area (Å²) in [5.74, 6) is -0.176. The average molecular weight is 402 g/mol. The summed E-state index contributed by atoms with van der Waals surface area (Å²) in [6.07, 6.45) is 1.48. The summed E-state index contributed by atoms with van der Waals surface area (Å²) in [6.45, 7) is 3.46. The number of aryl methyl sites for hydroxylation is 1. The van der Waals surface area contributed by atoms with Gasteiger partial charge in [0.1, 0.15) is 10.8 Å². The summed E-state index contributed by atoms with van der Waals surface area (Å²) in [4.78, 5) is 32.4. The summed E-state index contributed by atoms with van der Waals surface area (Å²) in [6, 6.07) is 16.9. The van der Waals surface area contributed by atoms with Crippen molar-refractivity contribution in [3.8, 4) is 10.6 Å². The van der Waals surface area contributed by atoms with Gasteiger partial charge in [-0.1, -0.05) is 6.07 Å². The molecular formula is C22H18N4O2S. The Morgan fingerprint density at radius 1 is 0.966 bits per heavy atom. The molecule has 2 heterocycles. The molecule has 2 aromatic carbocycles. The minimum atomic E-state index is -0.276. The molecule has 0 fully saturated rings. The zero-order valence-electron chi connectivity index (χ0n) is 15.9. The third-order valence-electron chi connectivity index (χ3n) is 4.26. The van der Waals surface area contributed by atoms with Gasteiger partial charge in [0, 0.05) is 29.9 Å². The minimum Gasteiger partial charge on any atom is -0.322 e. The van der Waals surface area contributed by atoms with Crippen LogP contribution in [0.4, 0.5) is 11.5 Å². The highest BCUT2D eigenvalue weighted by molar-refractivity contribution is 7.21. The van der Waals surface area contributed by atoms with Gasteiger partial charge in [0.05, 0.1) is 10.2 Å². The number of nitrogens with zero attached hydrogens (tertiary/aromatic N) is 2. The summed E-state index contributed by atoms with van der Waals surface area (Å²) < 4.78 is 1.16.